The number of nitrogens with zero attached hydrogens (tertiary/aromatic N) is 2. The molecule has 0 spiro atoms. The predicted octanol–water partition coefficient (Wildman–Crippen LogP) is 13.9. The zero-order valence-corrected chi connectivity index (χ0v) is 33.3. The van der Waals surface area contributed by atoms with Crippen LogP contribution in [0, 0.1) is 5.92 Å². The van der Waals surface area contributed by atoms with Crippen LogP contribution in [0.4, 0.5) is 4.79 Å². The van der Waals surface area contributed by atoms with Crippen LogP contribution in [0.3, 0.4) is 0 Å². The summed E-state index contributed by atoms with van der Waals surface area (Å²) in [5, 5.41) is 0. The molecule has 0 aliphatic heterocycles. The normalized spacial score (nSPS) is 13.4. The van der Waals surface area contributed by atoms with Crippen LogP contribution in [-0.4, -0.2) is 56.2 Å². The lowest BCUT2D eigenvalue weighted by molar-refractivity contribution is 0.0577. The molecule has 0 aromatic heterocycles. The standard InChI is InChI=1S/C44H84N2O2/c1-7-9-11-13-15-16-17-18-19-20-21-22-23-24-29-33-38-43(48-44(47)46(6)41-35-40-45(4)5)39-34-30-26-25-28-32-37-42(3)36-31-27-14-12-10-8-2/h15-16,18-19,27,31,42-43H,7-14,17,20-26,28-30,32-41H2,1-6H3/b16-15-,19-18-,31-27-. The van der Waals surface area contributed by atoms with Crippen molar-refractivity contribution in [2.45, 2.75) is 200 Å². The van der Waals surface area contributed by atoms with Gasteiger partial charge in [0.25, 0.3) is 0 Å². The minimum absolute atomic E-state index is 0.0653. The van der Waals surface area contributed by atoms with Crippen LogP contribution in [0.5, 0.6) is 0 Å². The predicted molar refractivity (Wildman–Crippen MR) is 214 cm³/mol. The number of hydrogen-bond acceptors (Lipinski definition) is 3. The number of ether oxygens (including phenoxy) is 1. The summed E-state index contributed by atoms with van der Waals surface area (Å²) in [7, 11) is 6.05. The highest BCUT2D eigenvalue weighted by Crippen LogP contribution is 2.19. The molecule has 4 heteroatoms. The van der Waals surface area contributed by atoms with Crippen LogP contribution in [0.1, 0.15) is 194 Å². The van der Waals surface area contributed by atoms with E-state index < -0.39 is 0 Å². The Morgan fingerprint density at radius 1 is 0.542 bits per heavy atom. The Hall–Kier alpha value is -1.55. The van der Waals surface area contributed by atoms with Gasteiger partial charge in [-0.15, -0.1) is 0 Å². The van der Waals surface area contributed by atoms with E-state index in [2.05, 4.69) is 76.2 Å². The van der Waals surface area contributed by atoms with Gasteiger partial charge in [0, 0.05) is 13.6 Å². The van der Waals surface area contributed by atoms with Crippen molar-refractivity contribution in [2.24, 2.45) is 5.92 Å². The summed E-state index contributed by atoms with van der Waals surface area (Å²) >= 11 is 0. The summed E-state index contributed by atoms with van der Waals surface area (Å²) in [6.45, 7) is 8.69. The van der Waals surface area contributed by atoms with Gasteiger partial charge in [-0.2, -0.15) is 0 Å². The molecule has 2 unspecified atom stereocenters. The minimum Gasteiger partial charge on any atom is -0.446 e. The first-order chi connectivity index (χ1) is 23.4. The molecule has 1 amide bonds. The van der Waals surface area contributed by atoms with Gasteiger partial charge < -0.3 is 14.5 Å². The van der Waals surface area contributed by atoms with Crippen molar-refractivity contribution in [3.8, 4) is 0 Å². The molecule has 0 N–H and O–H groups in total. The van der Waals surface area contributed by atoms with Gasteiger partial charge in [-0.1, -0.05) is 147 Å². The van der Waals surface area contributed by atoms with E-state index in [-0.39, 0.29) is 12.2 Å². The van der Waals surface area contributed by atoms with E-state index in [1.54, 1.807) is 4.90 Å². The lowest BCUT2D eigenvalue weighted by atomic mass is 9.98. The van der Waals surface area contributed by atoms with Gasteiger partial charge in [-0.05, 0) is 110 Å². The van der Waals surface area contributed by atoms with Crippen molar-refractivity contribution >= 4 is 6.09 Å². The first kappa shape index (κ1) is 46.5. The van der Waals surface area contributed by atoms with E-state index in [1.165, 1.54) is 148 Å². The Balaban J connectivity index is 4.21. The molecular weight excluding hydrogens is 588 g/mol. The van der Waals surface area contributed by atoms with Gasteiger partial charge in [0.2, 0.25) is 0 Å². The highest BCUT2D eigenvalue weighted by Gasteiger charge is 2.17. The zero-order chi connectivity index (χ0) is 35.3. The summed E-state index contributed by atoms with van der Waals surface area (Å²) in [5.74, 6) is 0.809. The zero-order valence-electron chi connectivity index (χ0n) is 33.3. The lowest BCUT2D eigenvalue weighted by Crippen LogP contribution is -2.33. The quantitative estimate of drug-likeness (QED) is 0.0496. The van der Waals surface area contributed by atoms with E-state index in [1.807, 2.05) is 7.05 Å². The molecule has 4 nitrogen and oxygen atoms in total. The van der Waals surface area contributed by atoms with E-state index >= 15 is 0 Å². The van der Waals surface area contributed by atoms with Crippen molar-refractivity contribution in [1.82, 2.24) is 9.80 Å². The Morgan fingerprint density at radius 2 is 1.00 bits per heavy atom. The van der Waals surface area contributed by atoms with Gasteiger partial charge in [0.1, 0.15) is 6.10 Å². The van der Waals surface area contributed by atoms with E-state index in [4.69, 9.17) is 4.74 Å². The van der Waals surface area contributed by atoms with Crippen molar-refractivity contribution < 1.29 is 9.53 Å². The molecule has 0 saturated carbocycles. The molecule has 0 aromatic rings. The fraction of sp³-hybridized carbons (Fsp3) is 0.841. The molecule has 0 fully saturated rings. The molecule has 0 radical (unpaired) electrons. The highest BCUT2D eigenvalue weighted by atomic mass is 16.6. The third kappa shape index (κ3) is 34.3. The highest BCUT2D eigenvalue weighted by molar-refractivity contribution is 5.67. The topological polar surface area (TPSA) is 32.8 Å². The Morgan fingerprint density at radius 3 is 1.52 bits per heavy atom. The van der Waals surface area contributed by atoms with Crippen LogP contribution in [0.2, 0.25) is 0 Å². The van der Waals surface area contributed by atoms with Gasteiger partial charge in [-0.3, -0.25) is 0 Å². The Bertz CT molecular complexity index is 759. The number of carbonyl (C=O) groups is 1. The maximum atomic E-state index is 12.9. The van der Waals surface area contributed by atoms with E-state index in [9.17, 15) is 4.79 Å². The fourth-order valence-corrected chi connectivity index (χ4v) is 6.22. The number of amides is 1. The van der Waals surface area contributed by atoms with Gasteiger partial charge in [0.05, 0.1) is 0 Å². The largest absolute Gasteiger partial charge is 0.446 e. The first-order valence-corrected chi connectivity index (χ1v) is 20.9. The summed E-state index contributed by atoms with van der Waals surface area (Å²) in [6.07, 6.45) is 47.9. The molecule has 2 atom stereocenters. The number of allylic oxidation sites excluding steroid dienone is 6. The molecule has 282 valence electrons. The second-order valence-electron chi connectivity index (χ2n) is 15.0. The van der Waals surface area contributed by atoms with Crippen LogP contribution >= 0.6 is 0 Å². The number of hydrogen-bond donors (Lipinski definition) is 0. The third-order valence-corrected chi connectivity index (χ3v) is 9.56. The second kappa shape index (κ2) is 36.7. The molecule has 48 heavy (non-hydrogen) atoms. The summed E-state index contributed by atoms with van der Waals surface area (Å²) < 4.78 is 6.08. The summed E-state index contributed by atoms with van der Waals surface area (Å²) in [4.78, 5) is 16.8. The van der Waals surface area contributed by atoms with Crippen LogP contribution in [-0.2, 0) is 4.74 Å². The molecular formula is C44H84N2O2. The number of rotatable bonds is 35. The Labute approximate surface area is 301 Å². The van der Waals surface area contributed by atoms with Gasteiger partial charge in [-0.25, -0.2) is 4.79 Å². The molecule has 0 bridgehead atoms. The van der Waals surface area contributed by atoms with Crippen molar-refractivity contribution in [2.75, 3.05) is 34.2 Å². The molecule has 0 saturated heterocycles. The van der Waals surface area contributed by atoms with Crippen LogP contribution < -0.4 is 0 Å². The smallest absolute Gasteiger partial charge is 0.409 e. The summed E-state index contributed by atoms with van der Waals surface area (Å²) in [5.41, 5.74) is 0. The third-order valence-electron chi connectivity index (χ3n) is 9.56. The van der Waals surface area contributed by atoms with Crippen LogP contribution in [0.15, 0.2) is 36.5 Å². The number of carbonyl (C=O) groups excluding carboxylic acids is 1. The lowest BCUT2D eigenvalue weighted by Gasteiger charge is -2.23. The maximum absolute atomic E-state index is 12.9. The minimum atomic E-state index is -0.135. The summed E-state index contributed by atoms with van der Waals surface area (Å²) in [6, 6.07) is 0. The van der Waals surface area contributed by atoms with Crippen molar-refractivity contribution in [1.29, 1.82) is 0 Å². The molecule has 0 rings (SSSR count). The van der Waals surface area contributed by atoms with E-state index in [0.29, 0.717) is 0 Å². The van der Waals surface area contributed by atoms with Gasteiger partial charge >= 0.3 is 6.09 Å². The average molecular weight is 673 g/mol. The fourth-order valence-electron chi connectivity index (χ4n) is 6.22. The molecule has 0 heterocycles. The first-order valence-electron chi connectivity index (χ1n) is 20.9. The van der Waals surface area contributed by atoms with Gasteiger partial charge in [0.15, 0.2) is 0 Å². The van der Waals surface area contributed by atoms with Crippen LogP contribution in [0.25, 0.3) is 0 Å². The Kier molecular flexibility index (Phi) is 35.5. The average Bonchev–Trinajstić information content (AvgIpc) is 3.06. The SMILES string of the molecule is CCCCC/C=C\C/C=C\CCCCCCCCC(CCCCCCCCC(C)C/C=C\CCCCC)OC(=O)N(C)CCCN(C)C. The maximum Gasteiger partial charge on any atom is 0.409 e. The monoisotopic (exact) mass is 673 g/mol. The number of unbranched alkanes of at least 4 members (excludes halogenated alkanes) is 17. The second-order valence-corrected chi connectivity index (χ2v) is 15.0. The van der Waals surface area contributed by atoms with Crippen molar-refractivity contribution in [3.05, 3.63) is 36.5 Å². The van der Waals surface area contributed by atoms with Crippen molar-refractivity contribution in [3.63, 3.8) is 0 Å². The molecule has 0 aliphatic rings. The molecule has 0 aliphatic carbocycles. The van der Waals surface area contributed by atoms with E-state index in [0.717, 1.165) is 44.7 Å². The molecule has 0 aromatic carbocycles.